The van der Waals surface area contributed by atoms with Crippen LogP contribution in [0.1, 0.15) is 23.0 Å². The number of Topliss-reactive ketones (excluding diaryl/α,β-unsaturated/α-hetero) is 1. The van der Waals surface area contributed by atoms with E-state index in [-0.39, 0.29) is 5.78 Å². The Morgan fingerprint density at radius 1 is 1.16 bits per heavy atom. The van der Waals surface area contributed by atoms with Crippen molar-refractivity contribution in [3.8, 4) is 0 Å². The first kappa shape index (κ1) is 13.3. The van der Waals surface area contributed by atoms with E-state index in [4.69, 9.17) is 0 Å². The Kier molecular flexibility index (Phi) is 4.29. The molecule has 98 valence electrons. The number of carbonyl (C=O) groups is 1. The van der Waals surface area contributed by atoms with Crippen molar-refractivity contribution in [2.45, 2.75) is 13.3 Å². The van der Waals surface area contributed by atoms with Gasteiger partial charge in [-0.25, -0.2) is 0 Å². The van der Waals surface area contributed by atoms with E-state index in [1.807, 2.05) is 49.5 Å². The van der Waals surface area contributed by atoms with E-state index >= 15 is 0 Å². The molecule has 0 aliphatic heterocycles. The van der Waals surface area contributed by atoms with Gasteiger partial charge in [-0.1, -0.05) is 18.2 Å². The minimum atomic E-state index is 0.0975. The quantitative estimate of drug-likeness (QED) is 0.769. The fourth-order valence-electron chi connectivity index (χ4n) is 2.05. The molecular weight excluding hydrogens is 236 g/mol. The van der Waals surface area contributed by atoms with Gasteiger partial charge in [0.15, 0.2) is 5.78 Å². The van der Waals surface area contributed by atoms with Gasteiger partial charge < -0.3 is 4.90 Å². The summed E-state index contributed by atoms with van der Waals surface area (Å²) < 4.78 is 0. The van der Waals surface area contributed by atoms with Crippen LogP contribution in [-0.4, -0.2) is 24.4 Å². The van der Waals surface area contributed by atoms with Crippen LogP contribution >= 0.6 is 0 Å². The molecule has 0 fully saturated rings. The molecule has 0 spiro atoms. The molecule has 0 amide bonds. The number of likely N-dealkylation sites (N-methyl/N-ethyl adjacent to an activating group) is 1. The maximum atomic E-state index is 11.6. The number of hydrogen-bond acceptors (Lipinski definition) is 3. The summed E-state index contributed by atoms with van der Waals surface area (Å²) >= 11 is 0. The molecule has 1 heterocycles. The Labute approximate surface area is 113 Å². The Bertz CT molecular complexity index is 552. The molecule has 3 nitrogen and oxygen atoms in total. The maximum absolute atomic E-state index is 11.6. The lowest BCUT2D eigenvalue weighted by atomic mass is 10.1. The smallest absolute Gasteiger partial charge is 0.161 e. The summed E-state index contributed by atoms with van der Waals surface area (Å²) in [7, 11) is 2.00. The van der Waals surface area contributed by atoms with Gasteiger partial charge in [0.1, 0.15) is 0 Å². The molecule has 1 aromatic heterocycles. The van der Waals surface area contributed by atoms with Gasteiger partial charge in [-0.05, 0) is 31.2 Å². The molecule has 0 unspecified atom stereocenters. The Balaban J connectivity index is 2.08. The lowest BCUT2D eigenvalue weighted by molar-refractivity contribution is 0.101. The highest BCUT2D eigenvalue weighted by Gasteiger charge is 2.10. The van der Waals surface area contributed by atoms with Crippen molar-refractivity contribution in [1.29, 1.82) is 0 Å². The summed E-state index contributed by atoms with van der Waals surface area (Å²) in [4.78, 5) is 18.0. The number of benzene rings is 1. The summed E-state index contributed by atoms with van der Waals surface area (Å²) in [5.74, 6) is 0.0975. The van der Waals surface area contributed by atoms with E-state index in [9.17, 15) is 4.79 Å². The molecule has 0 radical (unpaired) electrons. The number of pyridine rings is 1. The first-order chi connectivity index (χ1) is 9.18. The number of nitrogens with zero attached hydrogens (tertiary/aromatic N) is 2. The molecule has 0 N–H and O–H groups in total. The zero-order valence-corrected chi connectivity index (χ0v) is 11.3. The van der Waals surface area contributed by atoms with Crippen molar-refractivity contribution in [3.05, 3.63) is 59.9 Å². The van der Waals surface area contributed by atoms with Gasteiger partial charge in [0.25, 0.3) is 0 Å². The zero-order chi connectivity index (χ0) is 13.7. The molecule has 0 bridgehead atoms. The summed E-state index contributed by atoms with van der Waals surface area (Å²) in [6.45, 7) is 2.44. The fraction of sp³-hybridized carbons (Fsp3) is 0.250. The first-order valence-corrected chi connectivity index (χ1v) is 6.39. The fourth-order valence-corrected chi connectivity index (χ4v) is 2.05. The van der Waals surface area contributed by atoms with Crippen LogP contribution in [0.4, 0.5) is 5.69 Å². The van der Waals surface area contributed by atoms with Crippen molar-refractivity contribution >= 4 is 11.5 Å². The number of rotatable bonds is 5. The van der Waals surface area contributed by atoms with Gasteiger partial charge >= 0.3 is 0 Å². The number of hydrogen-bond donors (Lipinski definition) is 0. The molecule has 2 rings (SSSR count). The third-order valence-corrected chi connectivity index (χ3v) is 3.12. The minimum Gasteiger partial charge on any atom is -0.374 e. The van der Waals surface area contributed by atoms with E-state index in [2.05, 4.69) is 9.88 Å². The highest BCUT2D eigenvalue weighted by Crippen LogP contribution is 2.19. The molecule has 0 saturated heterocycles. The molecule has 0 saturated carbocycles. The van der Waals surface area contributed by atoms with E-state index < -0.39 is 0 Å². The number of aromatic nitrogens is 1. The summed E-state index contributed by atoms with van der Waals surface area (Å²) in [6, 6.07) is 13.6. The molecular formula is C16H18N2O. The Morgan fingerprint density at radius 3 is 2.58 bits per heavy atom. The molecule has 19 heavy (non-hydrogen) atoms. The van der Waals surface area contributed by atoms with Gasteiger partial charge in [-0.3, -0.25) is 9.78 Å². The number of anilines is 1. The summed E-state index contributed by atoms with van der Waals surface area (Å²) in [5, 5.41) is 0. The Morgan fingerprint density at radius 2 is 1.89 bits per heavy atom. The van der Waals surface area contributed by atoms with Crippen LogP contribution in [0.25, 0.3) is 0 Å². The van der Waals surface area contributed by atoms with Crippen LogP contribution in [0.15, 0.2) is 48.7 Å². The van der Waals surface area contributed by atoms with Gasteiger partial charge in [-0.2, -0.15) is 0 Å². The van der Waals surface area contributed by atoms with Gasteiger partial charge in [0.05, 0.1) is 0 Å². The molecule has 2 aromatic rings. The van der Waals surface area contributed by atoms with E-state index in [0.717, 1.165) is 29.9 Å². The standard InChI is InChI=1S/C16H18N2O/c1-13(19)15-8-3-4-9-16(15)18(2)12-10-14-7-5-6-11-17-14/h3-9,11H,10,12H2,1-2H3. The van der Waals surface area contributed by atoms with Crippen LogP contribution in [-0.2, 0) is 6.42 Å². The molecule has 0 aliphatic rings. The Hall–Kier alpha value is -2.16. The summed E-state index contributed by atoms with van der Waals surface area (Å²) in [5.41, 5.74) is 2.81. The van der Waals surface area contributed by atoms with Crippen LogP contribution in [0.5, 0.6) is 0 Å². The third kappa shape index (κ3) is 3.41. The van der Waals surface area contributed by atoms with Crippen LogP contribution < -0.4 is 4.90 Å². The monoisotopic (exact) mass is 254 g/mol. The average Bonchev–Trinajstić information content (AvgIpc) is 2.46. The lowest BCUT2D eigenvalue weighted by Crippen LogP contribution is -2.22. The number of ketones is 1. The number of carbonyl (C=O) groups excluding carboxylic acids is 1. The minimum absolute atomic E-state index is 0.0975. The average molecular weight is 254 g/mol. The zero-order valence-electron chi connectivity index (χ0n) is 11.3. The van der Waals surface area contributed by atoms with Gasteiger partial charge in [-0.15, -0.1) is 0 Å². The molecule has 0 aliphatic carbocycles. The predicted molar refractivity (Wildman–Crippen MR) is 77.7 cm³/mol. The van der Waals surface area contributed by atoms with Crippen molar-refractivity contribution < 1.29 is 4.79 Å². The lowest BCUT2D eigenvalue weighted by Gasteiger charge is -2.21. The first-order valence-electron chi connectivity index (χ1n) is 6.39. The van der Waals surface area contributed by atoms with Crippen LogP contribution in [0.3, 0.4) is 0 Å². The summed E-state index contributed by atoms with van der Waals surface area (Å²) in [6.07, 6.45) is 2.67. The van der Waals surface area contributed by atoms with Crippen molar-refractivity contribution in [2.75, 3.05) is 18.5 Å². The maximum Gasteiger partial charge on any atom is 0.161 e. The second-order valence-corrected chi connectivity index (χ2v) is 4.57. The third-order valence-electron chi connectivity index (χ3n) is 3.12. The van der Waals surface area contributed by atoms with Crippen LogP contribution in [0.2, 0.25) is 0 Å². The van der Waals surface area contributed by atoms with Gasteiger partial charge in [0.2, 0.25) is 0 Å². The normalized spacial score (nSPS) is 10.2. The van der Waals surface area contributed by atoms with Gasteiger partial charge in [0, 0.05) is 43.2 Å². The van der Waals surface area contributed by atoms with E-state index in [1.54, 1.807) is 13.1 Å². The molecule has 1 aromatic carbocycles. The largest absolute Gasteiger partial charge is 0.374 e. The van der Waals surface area contributed by atoms with Crippen molar-refractivity contribution in [1.82, 2.24) is 4.98 Å². The van der Waals surface area contributed by atoms with E-state index in [1.165, 1.54) is 0 Å². The van der Waals surface area contributed by atoms with E-state index in [0.29, 0.717) is 0 Å². The number of para-hydroxylation sites is 1. The second kappa shape index (κ2) is 6.14. The van der Waals surface area contributed by atoms with Crippen LogP contribution in [0, 0.1) is 0 Å². The predicted octanol–water partition coefficient (Wildman–Crippen LogP) is 2.96. The SMILES string of the molecule is CC(=O)c1ccccc1N(C)CCc1ccccn1. The molecule has 3 heteroatoms. The highest BCUT2D eigenvalue weighted by molar-refractivity contribution is 5.99. The second-order valence-electron chi connectivity index (χ2n) is 4.57. The van der Waals surface area contributed by atoms with Crippen molar-refractivity contribution in [2.24, 2.45) is 0 Å². The highest BCUT2D eigenvalue weighted by atomic mass is 16.1. The molecule has 0 atom stereocenters. The van der Waals surface area contributed by atoms with Crippen molar-refractivity contribution in [3.63, 3.8) is 0 Å². The topological polar surface area (TPSA) is 33.2 Å².